The summed E-state index contributed by atoms with van der Waals surface area (Å²) in [4.78, 5) is 25.4. The van der Waals surface area contributed by atoms with E-state index in [1.54, 1.807) is 0 Å². The smallest absolute Gasteiger partial charge is 0.165 e. The topological polar surface area (TPSA) is 57.6 Å². The zero-order chi connectivity index (χ0) is 28.4. The third-order valence-corrected chi connectivity index (χ3v) is 8.69. The molecule has 1 unspecified atom stereocenters. The lowest BCUT2D eigenvalue weighted by molar-refractivity contribution is 0.0978. The van der Waals surface area contributed by atoms with Gasteiger partial charge in [-0.2, -0.15) is 0 Å². The Hall–Kier alpha value is -3.31. The number of Topliss-reactive ketones (excluding diaryl/α,β-unsaturated/α-hetero) is 1. The molecule has 41 heavy (non-hydrogen) atoms. The van der Waals surface area contributed by atoms with E-state index in [-0.39, 0.29) is 5.78 Å². The third-order valence-electron chi connectivity index (χ3n) is 8.69. The molecule has 5 rings (SSSR count). The molecule has 3 heterocycles. The first-order chi connectivity index (χ1) is 20.0. The van der Waals surface area contributed by atoms with Crippen LogP contribution in [-0.4, -0.2) is 41.6 Å². The lowest BCUT2D eigenvalue weighted by Gasteiger charge is -2.29. The van der Waals surface area contributed by atoms with Gasteiger partial charge in [0.2, 0.25) is 0 Å². The van der Waals surface area contributed by atoms with E-state index in [0.29, 0.717) is 18.3 Å². The second-order valence-corrected chi connectivity index (χ2v) is 12.1. The average molecular weight is 551 g/mol. The standard InChI is InChI=1S/C36H46N4O/c1-27-10-9-15-34(37-23-20-27)39-35-26-31-12-5-3-4-6-14-33(41)36(31)32(38-35)13-8-7-11-28-16-18-29(19-17-28)30-21-24-40(2)25-22-30/h5,9,12,15-20,23,26-27,30H,3-4,6-8,10-11,13-14,21-22,24-25H2,1-2H3,(H,37,38,39). The van der Waals surface area contributed by atoms with Crippen LogP contribution in [0.15, 0.2) is 65.8 Å². The number of benzene rings is 1. The number of rotatable bonds is 7. The minimum absolute atomic E-state index is 0.227. The number of nitrogens with zero attached hydrogens (tertiary/aromatic N) is 3. The molecule has 1 aromatic carbocycles. The number of carbonyl (C=O) groups is 1. The molecule has 0 amide bonds. The van der Waals surface area contributed by atoms with Crippen molar-refractivity contribution in [1.82, 2.24) is 9.88 Å². The predicted molar refractivity (Wildman–Crippen MR) is 172 cm³/mol. The van der Waals surface area contributed by atoms with E-state index in [4.69, 9.17) is 4.98 Å². The number of hydrogen-bond acceptors (Lipinski definition) is 5. The Kier molecular flexibility index (Phi) is 10.4. The van der Waals surface area contributed by atoms with Crippen LogP contribution in [0.2, 0.25) is 0 Å². The van der Waals surface area contributed by atoms with Gasteiger partial charge in [-0.05, 0) is 125 Å². The highest BCUT2D eigenvalue weighted by Gasteiger charge is 2.20. The predicted octanol–water partition coefficient (Wildman–Crippen LogP) is 8.15. The average Bonchev–Trinajstić information content (AvgIpc) is 3.05. The van der Waals surface area contributed by atoms with Crippen LogP contribution in [0.3, 0.4) is 0 Å². The van der Waals surface area contributed by atoms with Gasteiger partial charge in [-0.15, -0.1) is 0 Å². The van der Waals surface area contributed by atoms with Gasteiger partial charge < -0.3 is 10.2 Å². The van der Waals surface area contributed by atoms with Crippen molar-refractivity contribution in [2.45, 2.75) is 83.5 Å². The summed E-state index contributed by atoms with van der Waals surface area (Å²) >= 11 is 0. The maximum atomic E-state index is 13.3. The Morgan fingerprint density at radius 1 is 1.00 bits per heavy atom. The van der Waals surface area contributed by atoms with Crippen molar-refractivity contribution in [2.24, 2.45) is 10.9 Å². The molecule has 1 N–H and O–H groups in total. The van der Waals surface area contributed by atoms with E-state index >= 15 is 0 Å². The highest BCUT2D eigenvalue weighted by Crippen LogP contribution is 2.28. The lowest BCUT2D eigenvalue weighted by atomic mass is 9.89. The second kappa shape index (κ2) is 14.5. The highest BCUT2D eigenvalue weighted by molar-refractivity contribution is 6.05. The number of aliphatic imine (C=N–C) groups is 1. The first-order valence-electron chi connectivity index (χ1n) is 15.7. The summed E-state index contributed by atoms with van der Waals surface area (Å²) < 4.78 is 0. The van der Waals surface area contributed by atoms with Crippen molar-refractivity contribution < 1.29 is 4.79 Å². The van der Waals surface area contributed by atoms with E-state index < -0.39 is 0 Å². The van der Waals surface area contributed by atoms with Crippen molar-refractivity contribution >= 4 is 23.5 Å². The molecule has 1 aliphatic carbocycles. The van der Waals surface area contributed by atoms with E-state index in [1.165, 1.54) is 37.1 Å². The van der Waals surface area contributed by atoms with Gasteiger partial charge in [0.25, 0.3) is 0 Å². The van der Waals surface area contributed by atoms with Crippen molar-refractivity contribution in [3.8, 4) is 0 Å². The number of carbonyl (C=O) groups excluding carboxylic acids is 1. The number of allylic oxidation sites excluding steroid dienone is 3. The zero-order valence-corrected chi connectivity index (χ0v) is 24.9. The van der Waals surface area contributed by atoms with Crippen LogP contribution < -0.4 is 5.32 Å². The van der Waals surface area contributed by atoms with Crippen molar-refractivity contribution in [3.05, 3.63) is 88.8 Å². The molecule has 5 heteroatoms. The normalized spacial score (nSPS) is 20.4. The fourth-order valence-electron chi connectivity index (χ4n) is 6.11. The van der Waals surface area contributed by atoms with Crippen LogP contribution in [0.5, 0.6) is 0 Å². The molecule has 0 saturated carbocycles. The van der Waals surface area contributed by atoms with Gasteiger partial charge in [0.1, 0.15) is 11.7 Å². The molecule has 0 radical (unpaired) electrons. The number of aromatic nitrogens is 1. The molecule has 1 atom stereocenters. The molecule has 3 aliphatic rings. The number of nitrogens with one attached hydrogen (secondary N) is 1. The summed E-state index contributed by atoms with van der Waals surface area (Å²) in [5, 5.41) is 3.42. The summed E-state index contributed by atoms with van der Waals surface area (Å²) in [7, 11) is 2.22. The largest absolute Gasteiger partial charge is 0.325 e. The minimum atomic E-state index is 0.227. The van der Waals surface area contributed by atoms with Gasteiger partial charge >= 0.3 is 0 Å². The summed E-state index contributed by atoms with van der Waals surface area (Å²) in [6.45, 7) is 4.58. The Morgan fingerprint density at radius 2 is 1.80 bits per heavy atom. The molecule has 0 bridgehead atoms. The molecule has 1 saturated heterocycles. The summed E-state index contributed by atoms with van der Waals surface area (Å²) in [6.07, 6.45) is 23.5. The Balaban J connectivity index is 1.27. The van der Waals surface area contributed by atoms with E-state index in [0.717, 1.165) is 79.8 Å². The third kappa shape index (κ3) is 8.36. The summed E-state index contributed by atoms with van der Waals surface area (Å²) in [6, 6.07) is 11.4. The van der Waals surface area contributed by atoms with E-state index in [2.05, 4.69) is 77.8 Å². The van der Waals surface area contributed by atoms with Crippen LogP contribution in [-0.2, 0) is 12.8 Å². The number of amidine groups is 1. The zero-order valence-electron chi connectivity index (χ0n) is 24.9. The van der Waals surface area contributed by atoms with Crippen LogP contribution in [0.1, 0.15) is 103 Å². The van der Waals surface area contributed by atoms with Gasteiger partial charge in [0.15, 0.2) is 5.78 Å². The first-order valence-corrected chi connectivity index (χ1v) is 15.7. The molecule has 1 aromatic heterocycles. The van der Waals surface area contributed by atoms with Crippen LogP contribution in [0, 0.1) is 5.92 Å². The number of piperidine rings is 1. The van der Waals surface area contributed by atoms with Crippen LogP contribution in [0.25, 0.3) is 6.08 Å². The summed E-state index contributed by atoms with van der Waals surface area (Å²) in [5.74, 6) is 2.94. The number of hydrogen-bond donors (Lipinski definition) is 1. The van der Waals surface area contributed by atoms with Crippen LogP contribution >= 0.6 is 0 Å². The first kappa shape index (κ1) is 29.2. The monoisotopic (exact) mass is 550 g/mol. The summed E-state index contributed by atoms with van der Waals surface area (Å²) in [5.41, 5.74) is 5.60. The minimum Gasteiger partial charge on any atom is -0.325 e. The Labute approximate surface area is 246 Å². The Bertz CT molecular complexity index is 1300. The quantitative estimate of drug-likeness (QED) is 0.354. The number of fused-ring (bicyclic) bond motifs is 1. The number of likely N-dealkylation sites (tertiary alicyclic amines) is 1. The number of ketones is 1. The van der Waals surface area contributed by atoms with E-state index in [1.807, 2.05) is 18.3 Å². The molecule has 2 aliphatic heterocycles. The molecule has 216 valence electrons. The highest BCUT2D eigenvalue weighted by atomic mass is 16.1. The number of aryl methyl sites for hydroxylation is 2. The SMILES string of the molecule is CC1C=CN=C(Nc2cc3c(c(CCCCc4ccc(C5CCN(C)CC5)cc4)n2)C(=O)CCCCC=C3)C=CC1. The molecule has 5 nitrogen and oxygen atoms in total. The fourth-order valence-corrected chi connectivity index (χ4v) is 6.11. The molecule has 0 spiro atoms. The molecule has 1 fully saturated rings. The van der Waals surface area contributed by atoms with Gasteiger partial charge in [0.05, 0.1) is 5.69 Å². The lowest BCUT2D eigenvalue weighted by Crippen LogP contribution is -2.29. The number of anilines is 1. The van der Waals surface area contributed by atoms with Gasteiger partial charge in [0, 0.05) is 18.2 Å². The van der Waals surface area contributed by atoms with Gasteiger partial charge in [-0.1, -0.05) is 55.5 Å². The maximum Gasteiger partial charge on any atom is 0.165 e. The van der Waals surface area contributed by atoms with E-state index in [9.17, 15) is 4.79 Å². The van der Waals surface area contributed by atoms with Crippen molar-refractivity contribution in [3.63, 3.8) is 0 Å². The second-order valence-electron chi connectivity index (χ2n) is 12.1. The van der Waals surface area contributed by atoms with Crippen LogP contribution in [0.4, 0.5) is 5.82 Å². The number of pyridine rings is 1. The molecule has 2 aromatic rings. The fraction of sp³-hybridized carbons (Fsp3) is 0.472. The Morgan fingerprint density at radius 3 is 2.63 bits per heavy atom. The van der Waals surface area contributed by atoms with Gasteiger partial charge in [-0.3, -0.25) is 4.79 Å². The van der Waals surface area contributed by atoms with Crippen molar-refractivity contribution in [1.29, 1.82) is 0 Å². The van der Waals surface area contributed by atoms with Crippen molar-refractivity contribution in [2.75, 3.05) is 25.5 Å². The van der Waals surface area contributed by atoms with Gasteiger partial charge in [-0.25, -0.2) is 9.98 Å². The number of unbranched alkanes of at least 4 members (excludes halogenated alkanes) is 1. The maximum absolute atomic E-state index is 13.3. The molecular formula is C36H46N4O. The molecular weight excluding hydrogens is 504 g/mol.